The molecule has 1 aromatic carbocycles. The lowest BCUT2D eigenvalue weighted by atomic mass is 10.2. The van der Waals surface area contributed by atoms with E-state index >= 15 is 0 Å². The van der Waals surface area contributed by atoms with Crippen molar-refractivity contribution in [2.24, 2.45) is 7.05 Å². The fraction of sp³-hybridized carbons (Fsp3) is 0.100. The first-order valence-corrected chi connectivity index (χ1v) is 6.55. The molecule has 3 N–H and O–H groups in total. The molecule has 0 aliphatic rings. The third kappa shape index (κ3) is 2.50. The van der Waals surface area contributed by atoms with Crippen molar-refractivity contribution in [3.05, 3.63) is 36.0 Å². The largest absolute Gasteiger partial charge is 0.397 e. The second kappa shape index (κ2) is 4.50. The van der Waals surface area contributed by atoms with E-state index in [1.807, 2.05) is 4.72 Å². The van der Waals surface area contributed by atoms with Crippen molar-refractivity contribution < 1.29 is 17.2 Å². The fourth-order valence-electron chi connectivity index (χ4n) is 1.51. The first kappa shape index (κ1) is 13.3. The molecule has 0 radical (unpaired) electrons. The number of benzene rings is 1. The summed E-state index contributed by atoms with van der Waals surface area (Å²) in [6.45, 7) is 0. The molecule has 0 atom stereocenters. The minimum Gasteiger partial charge on any atom is -0.397 e. The molecule has 0 amide bonds. The summed E-state index contributed by atoms with van der Waals surface area (Å²) in [4.78, 5) is 0. The number of nitrogens with two attached hydrogens (primary N) is 1. The van der Waals surface area contributed by atoms with Crippen LogP contribution in [-0.4, -0.2) is 18.2 Å². The first-order valence-electron chi connectivity index (χ1n) is 5.06. The molecule has 1 aromatic heterocycles. The Hall–Kier alpha value is -2.16. The summed E-state index contributed by atoms with van der Waals surface area (Å²) in [5.74, 6) is -1.98. The summed E-state index contributed by atoms with van der Waals surface area (Å²) in [6.07, 6.45) is 1.28. The number of aromatic nitrogens is 2. The molecule has 1 heterocycles. The van der Waals surface area contributed by atoms with Crippen LogP contribution in [0.1, 0.15) is 0 Å². The van der Waals surface area contributed by atoms with Crippen LogP contribution < -0.4 is 10.5 Å². The Balaban J connectivity index is 2.45. The number of nitrogens with zero attached hydrogens (tertiary/aromatic N) is 2. The number of sulfonamides is 1. The molecule has 102 valence electrons. The summed E-state index contributed by atoms with van der Waals surface area (Å²) in [5, 5.41) is 3.53. The summed E-state index contributed by atoms with van der Waals surface area (Å²) in [5.41, 5.74) is 4.55. The van der Waals surface area contributed by atoms with Crippen molar-refractivity contribution in [2.45, 2.75) is 5.03 Å². The smallest absolute Gasteiger partial charge is 0.279 e. The molecule has 0 fully saturated rings. The van der Waals surface area contributed by atoms with Gasteiger partial charge in [0, 0.05) is 13.1 Å². The average Bonchev–Trinajstić information content (AvgIpc) is 2.70. The summed E-state index contributed by atoms with van der Waals surface area (Å²) in [7, 11) is -2.63. The molecule has 0 aliphatic carbocycles. The third-order valence-corrected chi connectivity index (χ3v) is 3.80. The predicted octanol–water partition coefficient (Wildman–Crippen LogP) is 1.08. The van der Waals surface area contributed by atoms with Crippen molar-refractivity contribution >= 4 is 21.4 Å². The van der Waals surface area contributed by atoms with Crippen LogP contribution in [0.5, 0.6) is 0 Å². The van der Waals surface area contributed by atoms with Gasteiger partial charge in [0.05, 0.1) is 11.9 Å². The molecule has 0 bridgehead atoms. The van der Waals surface area contributed by atoms with Gasteiger partial charge in [-0.1, -0.05) is 0 Å². The molecular formula is C10H10F2N4O2S. The van der Waals surface area contributed by atoms with E-state index in [1.54, 1.807) is 0 Å². The molecule has 0 saturated carbocycles. The number of aryl methyl sites for hydroxylation is 1. The van der Waals surface area contributed by atoms with Crippen LogP contribution in [0, 0.1) is 11.6 Å². The number of halogens is 2. The van der Waals surface area contributed by atoms with Crippen LogP contribution in [0.3, 0.4) is 0 Å². The van der Waals surface area contributed by atoms with Crippen LogP contribution in [-0.2, 0) is 17.1 Å². The van der Waals surface area contributed by atoms with Crippen LogP contribution in [0.15, 0.2) is 29.4 Å². The van der Waals surface area contributed by atoms with Crippen molar-refractivity contribution in [2.75, 3.05) is 10.5 Å². The Morgan fingerprint density at radius 2 is 2.05 bits per heavy atom. The number of nitrogen functional groups attached to an aromatic ring is 1. The number of hydrogen-bond acceptors (Lipinski definition) is 4. The number of anilines is 2. The molecule has 0 spiro atoms. The zero-order chi connectivity index (χ0) is 14.2. The highest BCUT2D eigenvalue weighted by molar-refractivity contribution is 7.92. The van der Waals surface area contributed by atoms with Crippen LogP contribution in [0.25, 0.3) is 0 Å². The van der Waals surface area contributed by atoms with Gasteiger partial charge in [-0.25, -0.2) is 8.78 Å². The van der Waals surface area contributed by atoms with Gasteiger partial charge in [-0.3, -0.25) is 9.40 Å². The van der Waals surface area contributed by atoms with Crippen LogP contribution >= 0.6 is 0 Å². The molecule has 19 heavy (non-hydrogen) atoms. The Bertz CT molecular complexity index is 704. The molecule has 0 saturated heterocycles. The predicted molar refractivity (Wildman–Crippen MR) is 64.8 cm³/mol. The lowest BCUT2D eigenvalue weighted by molar-refractivity contribution is 0.576. The zero-order valence-electron chi connectivity index (χ0n) is 9.76. The summed E-state index contributed by atoms with van der Waals surface area (Å²) < 4.78 is 53.4. The van der Waals surface area contributed by atoms with E-state index in [-0.39, 0.29) is 10.7 Å². The van der Waals surface area contributed by atoms with Crippen molar-refractivity contribution in [1.29, 1.82) is 0 Å². The van der Waals surface area contributed by atoms with E-state index in [9.17, 15) is 17.2 Å². The minimum absolute atomic E-state index is 0.171. The Kier molecular flexibility index (Phi) is 3.14. The summed E-state index contributed by atoms with van der Waals surface area (Å²) >= 11 is 0. The van der Waals surface area contributed by atoms with E-state index in [4.69, 9.17) is 5.73 Å². The second-order valence-corrected chi connectivity index (χ2v) is 5.38. The van der Waals surface area contributed by atoms with Gasteiger partial charge in [0.15, 0.2) is 10.8 Å². The summed E-state index contributed by atoms with van der Waals surface area (Å²) in [6, 6.07) is 2.60. The highest BCUT2D eigenvalue weighted by Crippen LogP contribution is 2.26. The van der Waals surface area contributed by atoms with Gasteiger partial charge < -0.3 is 5.73 Å². The molecular weight excluding hydrogens is 278 g/mol. The number of nitrogens with one attached hydrogen (secondary N) is 1. The number of rotatable bonds is 3. The fourth-order valence-corrected chi connectivity index (χ4v) is 2.74. The normalized spacial score (nSPS) is 11.5. The van der Waals surface area contributed by atoms with Crippen LogP contribution in [0.4, 0.5) is 20.2 Å². The second-order valence-electron chi connectivity index (χ2n) is 3.75. The maximum absolute atomic E-state index is 13.5. The van der Waals surface area contributed by atoms with Gasteiger partial charge in [0.25, 0.3) is 10.0 Å². The quantitative estimate of drug-likeness (QED) is 0.827. The molecule has 0 aliphatic heterocycles. The monoisotopic (exact) mass is 288 g/mol. The van der Waals surface area contributed by atoms with E-state index < -0.39 is 27.3 Å². The molecule has 9 heteroatoms. The highest BCUT2D eigenvalue weighted by atomic mass is 32.2. The van der Waals surface area contributed by atoms with E-state index in [0.29, 0.717) is 6.07 Å². The Labute approximate surface area is 107 Å². The van der Waals surface area contributed by atoms with Gasteiger partial charge >= 0.3 is 0 Å². The topological polar surface area (TPSA) is 90.0 Å². The van der Waals surface area contributed by atoms with Crippen molar-refractivity contribution in [3.63, 3.8) is 0 Å². The third-order valence-electron chi connectivity index (χ3n) is 2.37. The number of hydrogen-bond donors (Lipinski definition) is 2. The zero-order valence-corrected chi connectivity index (χ0v) is 10.6. The lowest BCUT2D eigenvalue weighted by Gasteiger charge is -2.11. The maximum Gasteiger partial charge on any atom is 0.279 e. The van der Waals surface area contributed by atoms with Crippen molar-refractivity contribution in [3.8, 4) is 0 Å². The van der Waals surface area contributed by atoms with Gasteiger partial charge in [-0.05, 0) is 12.1 Å². The Morgan fingerprint density at radius 3 is 2.58 bits per heavy atom. The average molecular weight is 288 g/mol. The maximum atomic E-state index is 13.5. The standard InChI is InChI=1S/C10H10F2N4O2S/c1-16-9(2-3-14-16)19(17,18)15-10-7(12)4-6(11)5-8(10)13/h2-5,15H,13H2,1H3. The van der Waals surface area contributed by atoms with Gasteiger partial charge in [0.2, 0.25) is 0 Å². The highest BCUT2D eigenvalue weighted by Gasteiger charge is 2.21. The lowest BCUT2D eigenvalue weighted by Crippen LogP contribution is -2.18. The van der Waals surface area contributed by atoms with Gasteiger partial charge in [0.1, 0.15) is 11.5 Å². The van der Waals surface area contributed by atoms with E-state index in [0.717, 1.165) is 10.7 Å². The first-order chi connectivity index (χ1) is 8.81. The minimum atomic E-state index is -4.05. The SMILES string of the molecule is Cn1nccc1S(=O)(=O)Nc1c(N)cc(F)cc1F. The molecule has 2 aromatic rings. The molecule has 0 unspecified atom stereocenters. The van der Waals surface area contributed by atoms with E-state index in [2.05, 4.69) is 5.10 Å². The van der Waals surface area contributed by atoms with E-state index in [1.165, 1.54) is 19.3 Å². The van der Waals surface area contributed by atoms with Gasteiger partial charge in [-0.15, -0.1) is 0 Å². The Morgan fingerprint density at radius 1 is 1.37 bits per heavy atom. The van der Waals surface area contributed by atoms with Gasteiger partial charge in [-0.2, -0.15) is 13.5 Å². The molecule has 6 nitrogen and oxygen atoms in total. The molecule has 2 rings (SSSR count). The van der Waals surface area contributed by atoms with Crippen molar-refractivity contribution in [1.82, 2.24) is 9.78 Å². The van der Waals surface area contributed by atoms with Crippen LogP contribution in [0.2, 0.25) is 0 Å².